The molecule has 10 heteroatoms. The number of ether oxygens (including phenoxy) is 1. The Labute approximate surface area is 195 Å². The van der Waals surface area contributed by atoms with Crippen LogP contribution in [0.4, 0.5) is 14.5 Å². The predicted molar refractivity (Wildman–Crippen MR) is 122 cm³/mol. The summed E-state index contributed by atoms with van der Waals surface area (Å²) in [5.41, 5.74) is 5.49. The number of aromatic nitrogens is 4. The molecule has 0 bridgehead atoms. The van der Waals surface area contributed by atoms with Crippen molar-refractivity contribution < 1.29 is 22.8 Å². The summed E-state index contributed by atoms with van der Waals surface area (Å²) in [6.07, 6.45) is 4.01. The first-order valence-electron chi connectivity index (χ1n) is 10.7. The number of anilines is 1. The maximum atomic E-state index is 12.9. The summed E-state index contributed by atoms with van der Waals surface area (Å²) in [6, 6.07) is 9.35. The van der Waals surface area contributed by atoms with Gasteiger partial charge in [-0.15, -0.1) is 0 Å². The molecular formula is C24H25F2N5O3. The van der Waals surface area contributed by atoms with Crippen molar-refractivity contribution in [3.8, 4) is 11.4 Å². The van der Waals surface area contributed by atoms with Gasteiger partial charge in [0.1, 0.15) is 5.65 Å². The zero-order valence-corrected chi connectivity index (χ0v) is 19.1. The lowest BCUT2D eigenvalue weighted by atomic mass is 9.81. The fourth-order valence-electron chi connectivity index (χ4n) is 3.73. The third-order valence-electron chi connectivity index (χ3n) is 5.65. The Kier molecular flexibility index (Phi) is 6.69. The molecule has 178 valence electrons. The van der Waals surface area contributed by atoms with Crippen molar-refractivity contribution in [3.05, 3.63) is 65.4 Å². The Morgan fingerprint density at radius 1 is 1.26 bits per heavy atom. The van der Waals surface area contributed by atoms with Gasteiger partial charge in [0.25, 0.3) is 0 Å². The maximum Gasteiger partial charge on any atom is 0.249 e. The van der Waals surface area contributed by atoms with Crippen LogP contribution in [0.1, 0.15) is 41.5 Å². The number of carbonyl (C=O) groups excluding carboxylic acids is 1. The molecule has 4 aromatic rings. The Hall–Kier alpha value is -3.66. The highest BCUT2D eigenvalue weighted by Gasteiger charge is 2.48. The summed E-state index contributed by atoms with van der Waals surface area (Å²) in [5.74, 6) is -2.43. The lowest BCUT2D eigenvalue weighted by Gasteiger charge is -2.31. The van der Waals surface area contributed by atoms with Crippen molar-refractivity contribution in [3.63, 3.8) is 0 Å². The molecule has 0 radical (unpaired) electrons. The fraction of sp³-hybridized carbons (Fsp3) is 0.333. The number of alkyl halides is 2. The zero-order valence-electron chi connectivity index (χ0n) is 19.1. The number of hydrogen-bond donors (Lipinski definition) is 1. The number of amides is 1. The van der Waals surface area contributed by atoms with Gasteiger partial charge in [0, 0.05) is 55.2 Å². The van der Waals surface area contributed by atoms with Crippen LogP contribution in [0.3, 0.4) is 0 Å². The summed E-state index contributed by atoms with van der Waals surface area (Å²) in [4.78, 5) is 19.0. The van der Waals surface area contributed by atoms with Gasteiger partial charge in [-0.1, -0.05) is 23.4 Å². The molecule has 34 heavy (non-hydrogen) atoms. The van der Waals surface area contributed by atoms with E-state index in [-0.39, 0.29) is 24.7 Å². The Bertz CT molecular complexity index is 1290. The molecule has 0 saturated heterocycles. The zero-order chi connectivity index (χ0) is 24.3. The molecule has 1 amide bonds. The standard InChI is InChI=1S/C14H13F2N3O2.C10H12N2O/c1-8-2-3-9(4-11(8)17-7-20)12-18-13(21-19-12)10-5-14(15,16)6-10;1-8-5-11-10-4-3-9(7-13-2)6-12(8)10/h2-4,7,10H,5-6H2,1H3,(H,17,20);3-6H,7H2,1-2H3. The van der Waals surface area contributed by atoms with Crippen LogP contribution in [0.2, 0.25) is 0 Å². The van der Waals surface area contributed by atoms with Gasteiger partial charge in [0.15, 0.2) is 0 Å². The Morgan fingerprint density at radius 2 is 2.06 bits per heavy atom. The van der Waals surface area contributed by atoms with E-state index in [1.54, 1.807) is 19.2 Å². The minimum absolute atomic E-state index is 0.237. The van der Waals surface area contributed by atoms with Crippen LogP contribution in [0.25, 0.3) is 17.0 Å². The van der Waals surface area contributed by atoms with E-state index in [1.165, 1.54) is 0 Å². The highest BCUT2D eigenvalue weighted by Crippen LogP contribution is 2.47. The molecule has 0 aliphatic heterocycles. The molecule has 0 atom stereocenters. The predicted octanol–water partition coefficient (Wildman–Crippen LogP) is 4.92. The van der Waals surface area contributed by atoms with Gasteiger partial charge in [-0.3, -0.25) is 4.79 Å². The number of methoxy groups -OCH3 is 1. The molecule has 5 rings (SSSR count). The van der Waals surface area contributed by atoms with Crippen LogP contribution in [0.5, 0.6) is 0 Å². The van der Waals surface area contributed by atoms with Gasteiger partial charge in [0.05, 0.1) is 6.61 Å². The van der Waals surface area contributed by atoms with Gasteiger partial charge >= 0.3 is 0 Å². The highest BCUT2D eigenvalue weighted by atomic mass is 19.3. The number of nitrogens with one attached hydrogen (secondary N) is 1. The number of carbonyl (C=O) groups is 1. The second-order valence-electron chi connectivity index (χ2n) is 8.31. The first-order valence-corrected chi connectivity index (χ1v) is 10.7. The maximum absolute atomic E-state index is 12.9. The topological polar surface area (TPSA) is 94.6 Å². The minimum Gasteiger partial charge on any atom is -0.380 e. The van der Waals surface area contributed by atoms with E-state index < -0.39 is 5.92 Å². The largest absolute Gasteiger partial charge is 0.380 e. The SMILES string of the molecule is COCc1ccc2ncc(C)n2c1.Cc1ccc(-c2noc(C3CC(F)(F)C3)n2)cc1NC=O. The number of aryl methyl sites for hydroxylation is 2. The van der Waals surface area contributed by atoms with Gasteiger partial charge in [-0.2, -0.15) is 4.98 Å². The number of rotatable bonds is 6. The molecule has 8 nitrogen and oxygen atoms in total. The van der Waals surface area contributed by atoms with Crippen LogP contribution in [-0.4, -0.2) is 39.0 Å². The van der Waals surface area contributed by atoms with Crippen LogP contribution in [-0.2, 0) is 16.1 Å². The lowest BCUT2D eigenvalue weighted by Crippen LogP contribution is -2.33. The quantitative estimate of drug-likeness (QED) is 0.403. The third kappa shape index (κ3) is 5.12. The molecule has 3 heterocycles. The number of pyridine rings is 1. The van der Waals surface area contributed by atoms with Crippen LogP contribution >= 0.6 is 0 Å². The van der Waals surface area contributed by atoms with Crippen LogP contribution < -0.4 is 5.32 Å². The first kappa shape index (κ1) is 23.5. The Balaban J connectivity index is 0.000000180. The summed E-state index contributed by atoms with van der Waals surface area (Å²) in [6.45, 7) is 4.54. The van der Waals surface area contributed by atoms with Crippen LogP contribution in [0, 0.1) is 13.8 Å². The summed E-state index contributed by atoms with van der Waals surface area (Å²) in [7, 11) is 1.70. The number of halogens is 2. The molecule has 1 saturated carbocycles. The molecule has 1 fully saturated rings. The summed E-state index contributed by atoms with van der Waals surface area (Å²) in [5, 5.41) is 6.40. The molecule has 3 aromatic heterocycles. The van der Waals surface area contributed by atoms with Crippen molar-refractivity contribution in [2.45, 2.75) is 45.1 Å². The normalized spacial score (nSPS) is 14.9. The number of fused-ring (bicyclic) bond motifs is 1. The molecule has 1 aromatic carbocycles. The molecular weight excluding hydrogens is 444 g/mol. The van der Waals surface area contributed by atoms with Gasteiger partial charge in [0.2, 0.25) is 24.0 Å². The average molecular weight is 469 g/mol. The molecule has 0 unspecified atom stereocenters. The van der Waals surface area contributed by atoms with E-state index >= 15 is 0 Å². The van der Waals surface area contributed by atoms with E-state index in [4.69, 9.17) is 9.26 Å². The Morgan fingerprint density at radius 3 is 2.76 bits per heavy atom. The van der Waals surface area contributed by atoms with E-state index in [2.05, 4.69) is 31.0 Å². The van der Waals surface area contributed by atoms with Crippen molar-refractivity contribution in [1.29, 1.82) is 0 Å². The van der Waals surface area contributed by atoms with Gasteiger partial charge in [-0.25, -0.2) is 13.8 Å². The highest BCUT2D eigenvalue weighted by molar-refractivity contribution is 5.76. The smallest absolute Gasteiger partial charge is 0.249 e. The average Bonchev–Trinajstić information content (AvgIpc) is 3.42. The second kappa shape index (κ2) is 9.68. The minimum atomic E-state index is -2.62. The van der Waals surface area contributed by atoms with Crippen molar-refractivity contribution in [2.75, 3.05) is 12.4 Å². The van der Waals surface area contributed by atoms with E-state index in [9.17, 15) is 13.6 Å². The summed E-state index contributed by atoms with van der Waals surface area (Å²) >= 11 is 0. The van der Waals surface area contributed by atoms with E-state index in [0.717, 1.165) is 22.5 Å². The summed E-state index contributed by atoms with van der Waals surface area (Å²) < 4.78 is 37.9. The first-order chi connectivity index (χ1) is 16.3. The van der Waals surface area contributed by atoms with Crippen LogP contribution in [0.15, 0.2) is 47.2 Å². The number of hydrogen-bond acceptors (Lipinski definition) is 6. The van der Waals surface area contributed by atoms with E-state index in [0.29, 0.717) is 30.1 Å². The monoisotopic (exact) mass is 469 g/mol. The van der Waals surface area contributed by atoms with E-state index in [1.807, 2.05) is 38.2 Å². The number of benzene rings is 1. The molecule has 1 N–H and O–H groups in total. The fourth-order valence-corrected chi connectivity index (χ4v) is 3.73. The molecule has 1 aliphatic carbocycles. The van der Waals surface area contributed by atoms with Gasteiger partial charge < -0.3 is 19.0 Å². The molecule has 1 aliphatic rings. The molecule has 0 spiro atoms. The number of nitrogens with zero attached hydrogens (tertiary/aromatic N) is 4. The lowest BCUT2D eigenvalue weighted by molar-refractivity contribution is -0.105. The second-order valence-corrected chi connectivity index (χ2v) is 8.31. The number of imidazole rings is 1. The third-order valence-corrected chi connectivity index (χ3v) is 5.65. The van der Waals surface area contributed by atoms with Crippen molar-refractivity contribution in [1.82, 2.24) is 19.5 Å². The van der Waals surface area contributed by atoms with Crippen molar-refractivity contribution >= 4 is 17.7 Å². The van der Waals surface area contributed by atoms with Crippen molar-refractivity contribution in [2.24, 2.45) is 0 Å². The van der Waals surface area contributed by atoms with Gasteiger partial charge in [-0.05, 0) is 37.1 Å².